The van der Waals surface area contributed by atoms with Crippen LogP contribution in [-0.4, -0.2) is 59.2 Å². The molecule has 2 aromatic rings. The Labute approximate surface area is 145 Å². The summed E-state index contributed by atoms with van der Waals surface area (Å²) in [5.41, 5.74) is 1.92. The van der Waals surface area contributed by atoms with Crippen molar-refractivity contribution in [3.63, 3.8) is 0 Å². The Kier molecular flexibility index (Phi) is 4.27. The van der Waals surface area contributed by atoms with Crippen molar-refractivity contribution in [1.29, 1.82) is 0 Å². The molecule has 1 N–H and O–H groups in total. The van der Waals surface area contributed by atoms with E-state index in [9.17, 15) is 4.79 Å². The van der Waals surface area contributed by atoms with E-state index >= 15 is 0 Å². The largest absolute Gasteiger partial charge is 0.497 e. The van der Waals surface area contributed by atoms with E-state index in [1.807, 2.05) is 29.1 Å². The van der Waals surface area contributed by atoms with Gasteiger partial charge >= 0.3 is 0 Å². The van der Waals surface area contributed by atoms with Gasteiger partial charge in [-0.1, -0.05) is 5.21 Å². The standard InChI is InChI=1S/C17H21N5O3/c1-24-13-2-3-16-14(8-13)15(4-7-25-16)22-10-12(19-20-22)9-21-6-5-18-17(23)11-21/h2-3,8,10,15H,4-7,9,11H2,1H3,(H,18,23)/t15-/m1/s1. The highest BCUT2D eigenvalue weighted by Crippen LogP contribution is 2.36. The van der Waals surface area contributed by atoms with Crippen LogP contribution in [0.2, 0.25) is 0 Å². The average molecular weight is 343 g/mol. The first-order chi connectivity index (χ1) is 12.2. The summed E-state index contributed by atoms with van der Waals surface area (Å²) >= 11 is 0. The topological polar surface area (TPSA) is 81.5 Å². The second kappa shape index (κ2) is 6.72. The minimum absolute atomic E-state index is 0.0593. The number of carbonyl (C=O) groups excluding carboxylic acids is 1. The number of benzene rings is 1. The van der Waals surface area contributed by atoms with Crippen molar-refractivity contribution in [2.45, 2.75) is 19.0 Å². The van der Waals surface area contributed by atoms with Crippen LogP contribution in [-0.2, 0) is 11.3 Å². The quantitative estimate of drug-likeness (QED) is 0.875. The number of nitrogens with zero attached hydrogens (tertiary/aromatic N) is 4. The zero-order chi connectivity index (χ0) is 17.2. The highest BCUT2D eigenvalue weighted by molar-refractivity contribution is 5.78. The second-order valence-electron chi connectivity index (χ2n) is 6.31. The first-order valence-electron chi connectivity index (χ1n) is 8.43. The smallest absolute Gasteiger partial charge is 0.234 e. The van der Waals surface area contributed by atoms with E-state index in [4.69, 9.17) is 9.47 Å². The van der Waals surface area contributed by atoms with Crippen LogP contribution >= 0.6 is 0 Å². The first-order valence-corrected chi connectivity index (χ1v) is 8.43. The fraction of sp³-hybridized carbons (Fsp3) is 0.471. The molecule has 0 spiro atoms. The number of hydrogen-bond donors (Lipinski definition) is 1. The lowest BCUT2D eigenvalue weighted by Crippen LogP contribution is -2.47. The minimum Gasteiger partial charge on any atom is -0.497 e. The molecule has 0 unspecified atom stereocenters. The number of fused-ring (bicyclic) bond motifs is 1. The molecule has 132 valence electrons. The van der Waals surface area contributed by atoms with Crippen molar-refractivity contribution < 1.29 is 14.3 Å². The summed E-state index contributed by atoms with van der Waals surface area (Å²) in [4.78, 5) is 13.6. The van der Waals surface area contributed by atoms with E-state index in [2.05, 4.69) is 20.5 Å². The Morgan fingerprint density at radius 2 is 2.36 bits per heavy atom. The fourth-order valence-corrected chi connectivity index (χ4v) is 3.35. The monoisotopic (exact) mass is 343 g/mol. The molecule has 1 amide bonds. The van der Waals surface area contributed by atoms with Crippen molar-refractivity contribution in [2.24, 2.45) is 0 Å². The third-order valence-electron chi connectivity index (χ3n) is 4.60. The van der Waals surface area contributed by atoms with Crippen LogP contribution in [0.25, 0.3) is 0 Å². The molecule has 1 aromatic carbocycles. The van der Waals surface area contributed by atoms with Gasteiger partial charge in [-0.15, -0.1) is 5.10 Å². The maximum absolute atomic E-state index is 11.5. The highest BCUT2D eigenvalue weighted by atomic mass is 16.5. The van der Waals surface area contributed by atoms with Crippen LogP contribution in [0, 0.1) is 0 Å². The Hall–Kier alpha value is -2.61. The Morgan fingerprint density at radius 3 is 3.20 bits per heavy atom. The molecule has 3 heterocycles. The lowest BCUT2D eigenvalue weighted by molar-refractivity contribution is -0.124. The van der Waals surface area contributed by atoms with Gasteiger partial charge in [0.05, 0.1) is 38.2 Å². The summed E-state index contributed by atoms with van der Waals surface area (Å²) in [5.74, 6) is 1.72. The zero-order valence-electron chi connectivity index (χ0n) is 14.1. The number of amides is 1. The second-order valence-corrected chi connectivity index (χ2v) is 6.31. The molecule has 1 aromatic heterocycles. The summed E-state index contributed by atoms with van der Waals surface area (Å²) < 4.78 is 13.0. The van der Waals surface area contributed by atoms with Crippen molar-refractivity contribution in [2.75, 3.05) is 33.4 Å². The molecular formula is C17H21N5O3. The maximum atomic E-state index is 11.5. The number of ether oxygens (including phenoxy) is 2. The summed E-state index contributed by atoms with van der Waals surface area (Å²) in [6, 6.07) is 5.90. The number of aromatic nitrogens is 3. The van der Waals surface area contributed by atoms with Crippen LogP contribution in [0.1, 0.15) is 23.7 Å². The zero-order valence-corrected chi connectivity index (χ0v) is 14.1. The molecule has 1 atom stereocenters. The number of carbonyl (C=O) groups is 1. The van der Waals surface area contributed by atoms with Gasteiger partial charge in [0.2, 0.25) is 5.91 Å². The Balaban J connectivity index is 1.54. The van der Waals surface area contributed by atoms with Crippen molar-refractivity contribution in [3.8, 4) is 11.5 Å². The van der Waals surface area contributed by atoms with E-state index in [-0.39, 0.29) is 11.9 Å². The van der Waals surface area contributed by atoms with Crippen LogP contribution < -0.4 is 14.8 Å². The maximum Gasteiger partial charge on any atom is 0.234 e. The molecule has 1 fully saturated rings. The highest BCUT2D eigenvalue weighted by Gasteiger charge is 2.25. The van der Waals surface area contributed by atoms with Gasteiger partial charge in [0, 0.05) is 31.6 Å². The SMILES string of the molecule is COc1ccc2c(c1)[C@H](n1cc(CN3CCNC(=O)C3)nn1)CCO2. The van der Waals surface area contributed by atoms with Crippen LogP contribution in [0.15, 0.2) is 24.4 Å². The van der Waals surface area contributed by atoms with E-state index < -0.39 is 0 Å². The molecule has 0 bridgehead atoms. The molecule has 8 heteroatoms. The van der Waals surface area contributed by atoms with E-state index in [1.165, 1.54) is 0 Å². The van der Waals surface area contributed by atoms with Gasteiger partial charge in [0.15, 0.2) is 0 Å². The predicted octanol–water partition coefficient (Wildman–Crippen LogP) is 0.590. The van der Waals surface area contributed by atoms with Gasteiger partial charge in [-0.25, -0.2) is 4.68 Å². The lowest BCUT2D eigenvalue weighted by Gasteiger charge is -2.26. The third kappa shape index (κ3) is 3.30. The van der Waals surface area contributed by atoms with Crippen molar-refractivity contribution in [1.82, 2.24) is 25.2 Å². The summed E-state index contributed by atoms with van der Waals surface area (Å²) in [7, 11) is 1.66. The normalized spacial score (nSPS) is 20.5. The van der Waals surface area contributed by atoms with Gasteiger partial charge in [0.25, 0.3) is 0 Å². The van der Waals surface area contributed by atoms with Crippen molar-refractivity contribution >= 4 is 5.91 Å². The molecule has 8 nitrogen and oxygen atoms in total. The molecule has 0 saturated carbocycles. The van der Waals surface area contributed by atoms with Crippen LogP contribution in [0.5, 0.6) is 11.5 Å². The van der Waals surface area contributed by atoms with Gasteiger partial charge in [0.1, 0.15) is 11.5 Å². The van der Waals surface area contributed by atoms with Crippen LogP contribution in [0.4, 0.5) is 0 Å². The molecule has 4 rings (SSSR count). The Bertz CT molecular complexity index is 775. The minimum atomic E-state index is 0.0593. The summed E-state index contributed by atoms with van der Waals surface area (Å²) in [6.45, 7) is 3.19. The fourth-order valence-electron chi connectivity index (χ4n) is 3.35. The number of piperazine rings is 1. The number of methoxy groups -OCH3 is 1. The molecule has 2 aliphatic heterocycles. The van der Waals surface area contributed by atoms with E-state index in [1.54, 1.807) is 7.11 Å². The third-order valence-corrected chi connectivity index (χ3v) is 4.60. The molecular weight excluding hydrogens is 322 g/mol. The molecule has 1 saturated heterocycles. The predicted molar refractivity (Wildman–Crippen MR) is 89.6 cm³/mol. The average Bonchev–Trinajstić information content (AvgIpc) is 3.09. The van der Waals surface area contributed by atoms with Crippen molar-refractivity contribution in [3.05, 3.63) is 35.7 Å². The molecule has 25 heavy (non-hydrogen) atoms. The lowest BCUT2D eigenvalue weighted by atomic mass is 10.0. The van der Waals surface area contributed by atoms with Gasteiger partial charge < -0.3 is 14.8 Å². The first kappa shape index (κ1) is 15.9. The molecule has 0 aliphatic carbocycles. The van der Waals surface area contributed by atoms with E-state index in [0.717, 1.165) is 35.7 Å². The van der Waals surface area contributed by atoms with E-state index in [0.29, 0.717) is 26.2 Å². The number of hydrogen-bond acceptors (Lipinski definition) is 6. The number of nitrogens with one attached hydrogen (secondary N) is 1. The summed E-state index contributed by atoms with van der Waals surface area (Å²) in [5, 5.41) is 11.4. The summed E-state index contributed by atoms with van der Waals surface area (Å²) in [6.07, 6.45) is 2.79. The van der Waals surface area contributed by atoms with Gasteiger partial charge in [-0.2, -0.15) is 0 Å². The molecule has 2 aliphatic rings. The van der Waals surface area contributed by atoms with Gasteiger partial charge in [-0.3, -0.25) is 9.69 Å². The van der Waals surface area contributed by atoms with Crippen LogP contribution in [0.3, 0.4) is 0 Å². The Morgan fingerprint density at radius 1 is 1.44 bits per heavy atom. The number of rotatable bonds is 4. The van der Waals surface area contributed by atoms with Gasteiger partial charge in [-0.05, 0) is 18.2 Å². The molecule has 0 radical (unpaired) electrons.